The van der Waals surface area contributed by atoms with Gasteiger partial charge in [0.25, 0.3) is 0 Å². The summed E-state index contributed by atoms with van der Waals surface area (Å²) < 4.78 is 4.40. The first kappa shape index (κ1) is 28.6. The zero-order chi connectivity index (χ0) is 25.5. The van der Waals surface area contributed by atoms with Crippen LogP contribution in [0.15, 0.2) is 12.7 Å². The van der Waals surface area contributed by atoms with Gasteiger partial charge in [0.15, 0.2) is 11.4 Å². The van der Waals surface area contributed by atoms with Gasteiger partial charge in [-0.2, -0.15) is 0 Å². The van der Waals surface area contributed by atoms with Crippen molar-refractivity contribution in [3.63, 3.8) is 0 Å². The maximum absolute atomic E-state index is 12.4. The number of carbonyl (C=O) groups is 6. The number of Topliss-reactive ketones (excluding diaryl/α,β-unsaturated/α-hetero) is 1. The Kier molecular flexibility index (Phi) is 9.62. The van der Waals surface area contributed by atoms with Gasteiger partial charge in [-0.25, -0.2) is 4.79 Å². The van der Waals surface area contributed by atoms with Crippen LogP contribution in [-0.4, -0.2) is 106 Å². The molecule has 0 heterocycles. The van der Waals surface area contributed by atoms with E-state index < -0.39 is 90.8 Å². The molecule has 0 aromatic carbocycles. The normalized spacial score (nSPS) is 17.5. The summed E-state index contributed by atoms with van der Waals surface area (Å²) in [6.45, 7) is 1.67. The predicted molar refractivity (Wildman–Crippen MR) is 96.0 cm³/mol. The average Bonchev–Trinajstić information content (AvgIpc) is 2.62. The minimum atomic E-state index is -4.02. The number of aliphatic hydroxyl groups is 4. The Bertz CT molecular complexity index is 804. The zero-order valence-corrected chi connectivity index (χ0v) is 16.3. The lowest BCUT2D eigenvalue weighted by Crippen LogP contribution is -2.76. The monoisotopic (exact) mass is 466 g/mol. The minimum Gasteiger partial charge on any atom is -0.481 e. The molecule has 0 fully saturated rings. The van der Waals surface area contributed by atoms with Gasteiger partial charge in [0.2, 0.25) is 0 Å². The van der Waals surface area contributed by atoms with E-state index in [-0.39, 0.29) is 0 Å². The standard InChI is InChI=1S/C17H22O15/c1-2-14(28)32-7-9(19)16(30,5-12(24)25)17(31,6-13(26)27)15(29,4-11(22)23)8(18)3-10(20)21/h2,9,19,29-31H,1,3-7H2,(H,20,21)(H,22,23)(H,24,25)(H,26,27)/t9-,15+,16-,17-/m1/s1. The molecule has 15 heteroatoms. The number of ether oxygens (including phenoxy) is 1. The molecule has 0 aliphatic rings. The summed E-state index contributed by atoms with van der Waals surface area (Å²) >= 11 is 0. The summed E-state index contributed by atoms with van der Waals surface area (Å²) in [5.74, 6) is -11.5. The van der Waals surface area contributed by atoms with Crippen molar-refractivity contribution in [2.24, 2.45) is 0 Å². The van der Waals surface area contributed by atoms with Gasteiger partial charge in [-0.3, -0.25) is 24.0 Å². The van der Waals surface area contributed by atoms with Gasteiger partial charge in [-0.1, -0.05) is 6.58 Å². The number of ketones is 1. The number of aliphatic carboxylic acids is 4. The van der Waals surface area contributed by atoms with E-state index >= 15 is 0 Å². The molecule has 0 spiro atoms. The molecule has 4 atom stereocenters. The highest BCUT2D eigenvalue weighted by Gasteiger charge is 2.69. The van der Waals surface area contributed by atoms with Crippen LogP contribution in [0.2, 0.25) is 0 Å². The lowest BCUT2D eigenvalue weighted by Gasteiger charge is -2.51. The van der Waals surface area contributed by atoms with Crippen molar-refractivity contribution in [2.45, 2.75) is 48.6 Å². The molecular weight excluding hydrogens is 444 g/mol. The lowest BCUT2D eigenvalue weighted by atomic mass is 9.62. The Morgan fingerprint density at radius 1 is 0.812 bits per heavy atom. The van der Waals surface area contributed by atoms with E-state index in [0.29, 0.717) is 6.08 Å². The Morgan fingerprint density at radius 3 is 1.66 bits per heavy atom. The van der Waals surface area contributed by atoms with E-state index in [1.54, 1.807) is 0 Å². The number of carbonyl (C=O) groups excluding carboxylic acids is 2. The van der Waals surface area contributed by atoms with Crippen LogP contribution < -0.4 is 0 Å². The first-order valence-corrected chi connectivity index (χ1v) is 8.51. The molecule has 8 N–H and O–H groups in total. The highest BCUT2D eigenvalue weighted by Crippen LogP contribution is 2.44. The summed E-state index contributed by atoms with van der Waals surface area (Å²) in [6, 6.07) is 0. The third-order valence-electron chi connectivity index (χ3n) is 4.51. The number of rotatable bonds is 15. The fourth-order valence-corrected chi connectivity index (χ4v) is 2.98. The summed E-state index contributed by atoms with van der Waals surface area (Å²) in [6.07, 6.45) is -9.50. The molecule has 0 aromatic rings. The summed E-state index contributed by atoms with van der Waals surface area (Å²) in [5.41, 5.74) is -11.7. The van der Waals surface area contributed by atoms with Crippen LogP contribution in [0.25, 0.3) is 0 Å². The lowest BCUT2D eigenvalue weighted by molar-refractivity contribution is -0.276. The van der Waals surface area contributed by atoms with Crippen LogP contribution >= 0.6 is 0 Å². The molecule has 0 aliphatic heterocycles. The quantitative estimate of drug-likeness (QED) is 0.0668. The number of hydrogen-bond acceptors (Lipinski definition) is 11. The van der Waals surface area contributed by atoms with E-state index in [0.717, 1.165) is 0 Å². The van der Waals surface area contributed by atoms with Crippen LogP contribution in [0.1, 0.15) is 25.7 Å². The molecule has 0 rings (SSSR count). The van der Waals surface area contributed by atoms with E-state index in [9.17, 15) is 49.2 Å². The minimum absolute atomic E-state index is 0.573. The Hall–Kier alpha value is -3.40. The molecule has 180 valence electrons. The van der Waals surface area contributed by atoms with Crippen molar-refractivity contribution in [3.8, 4) is 0 Å². The number of carboxylic acid groups (broad SMARTS) is 4. The average molecular weight is 466 g/mol. The van der Waals surface area contributed by atoms with Crippen molar-refractivity contribution >= 4 is 35.6 Å². The summed E-state index contributed by atoms with van der Waals surface area (Å²) in [4.78, 5) is 68.5. The van der Waals surface area contributed by atoms with Crippen LogP contribution in [0.4, 0.5) is 0 Å². The Labute approximate surface area is 178 Å². The van der Waals surface area contributed by atoms with Gasteiger partial charge in [0, 0.05) is 6.08 Å². The second-order valence-electron chi connectivity index (χ2n) is 6.70. The highest BCUT2D eigenvalue weighted by atomic mass is 16.5. The van der Waals surface area contributed by atoms with Gasteiger partial charge in [0.1, 0.15) is 30.3 Å². The largest absolute Gasteiger partial charge is 0.481 e. The molecule has 15 nitrogen and oxygen atoms in total. The van der Waals surface area contributed by atoms with Gasteiger partial charge < -0.3 is 45.6 Å². The van der Waals surface area contributed by atoms with Gasteiger partial charge >= 0.3 is 29.8 Å². The third-order valence-corrected chi connectivity index (χ3v) is 4.51. The smallest absolute Gasteiger partial charge is 0.330 e. The molecule has 0 radical (unpaired) electrons. The molecule has 0 saturated heterocycles. The summed E-state index contributed by atoms with van der Waals surface area (Å²) in [5, 5.41) is 79.2. The molecule has 0 aliphatic carbocycles. The Morgan fingerprint density at radius 2 is 1.28 bits per heavy atom. The zero-order valence-electron chi connectivity index (χ0n) is 16.3. The topological polar surface area (TPSA) is 273 Å². The van der Waals surface area contributed by atoms with Crippen LogP contribution in [0.3, 0.4) is 0 Å². The Balaban J connectivity index is 6.99. The van der Waals surface area contributed by atoms with Crippen LogP contribution in [0.5, 0.6) is 0 Å². The SMILES string of the molecule is C=CC(=O)OC[C@@H](O)[C@](O)(CC(=O)O)[C@@](O)(CC(=O)O)[C@](O)(CC(=O)O)C(=O)CC(=O)O. The third kappa shape index (κ3) is 6.30. The fourth-order valence-electron chi connectivity index (χ4n) is 2.98. The van der Waals surface area contributed by atoms with E-state index in [2.05, 4.69) is 11.3 Å². The fraction of sp³-hybridized carbons (Fsp3) is 0.529. The number of hydrogen-bond donors (Lipinski definition) is 8. The van der Waals surface area contributed by atoms with Crippen molar-refractivity contribution < 1.29 is 74.4 Å². The number of aliphatic hydroxyl groups excluding tert-OH is 1. The van der Waals surface area contributed by atoms with Crippen molar-refractivity contribution in [1.29, 1.82) is 0 Å². The highest BCUT2D eigenvalue weighted by molar-refractivity contribution is 6.02. The van der Waals surface area contributed by atoms with Crippen molar-refractivity contribution in [1.82, 2.24) is 0 Å². The predicted octanol–water partition coefficient (Wildman–Crippen LogP) is -3.26. The second-order valence-corrected chi connectivity index (χ2v) is 6.70. The molecular formula is C17H22O15. The molecule has 32 heavy (non-hydrogen) atoms. The van der Waals surface area contributed by atoms with Gasteiger partial charge in [0.05, 0.1) is 19.3 Å². The van der Waals surface area contributed by atoms with Crippen molar-refractivity contribution in [3.05, 3.63) is 12.7 Å². The second kappa shape index (κ2) is 10.8. The number of esters is 1. The van der Waals surface area contributed by atoms with E-state index in [1.165, 1.54) is 0 Å². The summed E-state index contributed by atoms with van der Waals surface area (Å²) in [7, 11) is 0. The van der Waals surface area contributed by atoms with Crippen LogP contribution in [-0.2, 0) is 33.5 Å². The van der Waals surface area contributed by atoms with Crippen LogP contribution in [0, 0.1) is 0 Å². The maximum Gasteiger partial charge on any atom is 0.330 e. The van der Waals surface area contributed by atoms with E-state index in [4.69, 9.17) is 20.4 Å². The first-order valence-electron chi connectivity index (χ1n) is 8.51. The molecule has 0 bridgehead atoms. The van der Waals surface area contributed by atoms with Crippen molar-refractivity contribution in [2.75, 3.05) is 6.61 Å². The maximum atomic E-state index is 12.4. The molecule has 0 saturated carbocycles. The number of carboxylic acids is 4. The van der Waals surface area contributed by atoms with E-state index in [1.807, 2.05) is 0 Å². The molecule has 0 aromatic heterocycles. The molecule has 0 amide bonds. The van der Waals surface area contributed by atoms with Gasteiger partial charge in [-0.15, -0.1) is 0 Å². The van der Waals surface area contributed by atoms with Gasteiger partial charge in [-0.05, 0) is 0 Å². The first-order chi connectivity index (χ1) is 14.5. The molecule has 0 unspecified atom stereocenters.